The average Bonchev–Trinajstić information content (AvgIpc) is 2.61. The Bertz CT molecular complexity index is 315. The van der Waals surface area contributed by atoms with E-state index in [2.05, 4.69) is 42.0 Å². The van der Waals surface area contributed by atoms with Crippen molar-refractivity contribution < 1.29 is 0 Å². The summed E-state index contributed by atoms with van der Waals surface area (Å²) in [5, 5.41) is 4.01. The Kier molecular flexibility index (Phi) is 14.5. The van der Waals surface area contributed by atoms with E-state index in [0.717, 1.165) is 12.0 Å². The van der Waals surface area contributed by atoms with E-state index in [4.69, 9.17) is 0 Å². The lowest BCUT2D eigenvalue weighted by Crippen LogP contribution is -2.37. The molecule has 0 aromatic rings. The molecule has 0 aliphatic carbocycles. The lowest BCUT2D eigenvalue weighted by molar-refractivity contribution is 0.275. The number of unbranched alkanes of at least 4 members (excludes halogenated alkanes) is 5. The first-order chi connectivity index (χ1) is 12.6. The van der Waals surface area contributed by atoms with E-state index in [9.17, 15) is 0 Å². The minimum absolute atomic E-state index is 0.385. The maximum atomic E-state index is 4.01. The van der Waals surface area contributed by atoms with Crippen LogP contribution in [0.4, 0.5) is 0 Å². The standard InChI is InChI=1S/C24H48BrN/c1-4-6-8-9-11-17-22(16-7-5-2)23-18-12-14-20-24(3,25)19-13-10-15-21-26-23/h22-23,26H,4-21H2,1-3H3. The van der Waals surface area contributed by atoms with Gasteiger partial charge in [0.2, 0.25) is 0 Å². The maximum absolute atomic E-state index is 4.01. The molecule has 1 rings (SSSR count). The van der Waals surface area contributed by atoms with Crippen LogP contribution in [0.1, 0.15) is 130 Å². The molecule has 1 saturated heterocycles. The van der Waals surface area contributed by atoms with Crippen LogP contribution in [0.25, 0.3) is 0 Å². The summed E-state index contributed by atoms with van der Waals surface area (Å²) in [5.74, 6) is 0.912. The van der Waals surface area contributed by atoms with Crippen LogP contribution in [-0.2, 0) is 0 Å². The molecule has 1 aliphatic rings. The number of rotatable bonds is 10. The molecule has 0 spiro atoms. The number of hydrogen-bond acceptors (Lipinski definition) is 1. The molecule has 3 unspecified atom stereocenters. The van der Waals surface area contributed by atoms with Crippen molar-refractivity contribution in [2.24, 2.45) is 5.92 Å². The molecule has 1 heterocycles. The van der Waals surface area contributed by atoms with Gasteiger partial charge in [0.25, 0.3) is 0 Å². The number of nitrogens with one attached hydrogen (secondary N) is 1. The summed E-state index contributed by atoms with van der Waals surface area (Å²) in [5.41, 5.74) is 0. The Labute approximate surface area is 174 Å². The molecular weight excluding hydrogens is 382 g/mol. The van der Waals surface area contributed by atoms with Crippen molar-refractivity contribution in [1.82, 2.24) is 5.32 Å². The first kappa shape index (κ1) is 24.5. The van der Waals surface area contributed by atoms with Crippen molar-refractivity contribution in [1.29, 1.82) is 0 Å². The fourth-order valence-electron chi connectivity index (χ4n) is 4.59. The van der Waals surface area contributed by atoms with Crippen LogP contribution in [0.2, 0.25) is 0 Å². The summed E-state index contributed by atoms with van der Waals surface area (Å²) < 4.78 is 0.385. The third-order valence-electron chi connectivity index (χ3n) is 6.42. The molecule has 1 aliphatic heterocycles. The second-order valence-electron chi connectivity index (χ2n) is 9.14. The highest BCUT2D eigenvalue weighted by Gasteiger charge is 2.23. The summed E-state index contributed by atoms with van der Waals surface area (Å²) in [4.78, 5) is 0. The molecule has 2 heteroatoms. The predicted molar refractivity (Wildman–Crippen MR) is 122 cm³/mol. The van der Waals surface area contributed by atoms with Crippen LogP contribution < -0.4 is 5.32 Å². The van der Waals surface area contributed by atoms with Crippen molar-refractivity contribution >= 4 is 15.9 Å². The van der Waals surface area contributed by atoms with Gasteiger partial charge in [0.15, 0.2) is 0 Å². The number of halogens is 1. The summed E-state index contributed by atoms with van der Waals surface area (Å²) >= 11 is 4.00. The molecule has 26 heavy (non-hydrogen) atoms. The predicted octanol–water partition coefficient (Wildman–Crippen LogP) is 8.40. The minimum atomic E-state index is 0.385. The highest BCUT2D eigenvalue weighted by atomic mass is 79.9. The second kappa shape index (κ2) is 15.4. The molecule has 156 valence electrons. The van der Waals surface area contributed by atoms with Gasteiger partial charge in [-0.3, -0.25) is 0 Å². The van der Waals surface area contributed by atoms with E-state index in [0.29, 0.717) is 4.32 Å². The smallest absolute Gasteiger partial charge is 0.0229 e. The van der Waals surface area contributed by atoms with E-state index in [1.165, 1.54) is 116 Å². The third kappa shape index (κ3) is 12.0. The van der Waals surface area contributed by atoms with Gasteiger partial charge in [0.1, 0.15) is 0 Å². The molecule has 1 fully saturated rings. The number of hydrogen-bond donors (Lipinski definition) is 1. The largest absolute Gasteiger partial charge is 0.314 e. The van der Waals surface area contributed by atoms with E-state index < -0.39 is 0 Å². The molecule has 0 amide bonds. The van der Waals surface area contributed by atoms with Crippen LogP contribution in [0, 0.1) is 5.92 Å². The van der Waals surface area contributed by atoms with E-state index in [-0.39, 0.29) is 0 Å². The van der Waals surface area contributed by atoms with Crippen molar-refractivity contribution in [2.75, 3.05) is 6.54 Å². The van der Waals surface area contributed by atoms with Crippen molar-refractivity contribution in [3.63, 3.8) is 0 Å². The highest BCUT2D eigenvalue weighted by Crippen LogP contribution is 2.32. The monoisotopic (exact) mass is 429 g/mol. The van der Waals surface area contributed by atoms with E-state index >= 15 is 0 Å². The molecule has 0 aromatic carbocycles. The first-order valence-corrected chi connectivity index (χ1v) is 12.8. The number of alkyl halides is 1. The zero-order valence-corrected chi connectivity index (χ0v) is 19.8. The molecule has 0 radical (unpaired) electrons. The first-order valence-electron chi connectivity index (χ1n) is 12.0. The maximum Gasteiger partial charge on any atom is 0.0229 e. The van der Waals surface area contributed by atoms with E-state index in [1.54, 1.807) is 0 Å². The van der Waals surface area contributed by atoms with Gasteiger partial charge in [-0.15, -0.1) is 0 Å². The Morgan fingerprint density at radius 3 is 2.23 bits per heavy atom. The Morgan fingerprint density at radius 1 is 0.846 bits per heavy atom. The van der Waals surface area contributed by atoms with Crippen molar-refractivity contribution in [3.8, 4) is 0 Å². The third-order valence-corrected chi connectivity index (χ3v) is 7.21. The molecule has 0 aromatic heterocycles. The lowest BCUT2D eigenvalue weighted by atomic mass is 9.85. The van der Waals surface area contributed by atoms with Crippen LogP contribution in [0.5, 0.6) is 0 Å². The summed E-state index contributed by atoms with van der Waals surface area (Å²) in [7, 11) is 0. The van der Waals surface area contributed by atoms with Gasteiger partial charge in [-0.1, -0.05) is 100 Å². The van der Waals surface area contributed by atoms with Crippen molar-refractivity contribution in [2.45, 2.75) is 140 Å². The van der Waals surface area contributed by atoms with Gasteiger partial charge < -0.3 is 5.32 Å². The zero-order valence-electron chi connectivity index (χ0n) is 18.3. The molecular formula is C24H48BrN. The topological polar surface area (TPSA) is 12.0 Å². The van der Waals surface area contributed by atoms with Gasteiger partial charge >= 0.3 is 0 Å². The summed E-state index contributed by atoms with van der Waals surface area (Å²) in [6, 6.07) is 0.772. The van der Waals surface area contributed by atoms with Crippen LogP contribution in [0.3, 0.4) is 0 Å². The van der Waals surface area contributed by atoms with Gasteiger partial charge in [-0.2, -0.15) is 0 Å². The molecule has 3 atom stereocenters. The lowest BCUT2D eigenvalue weighted by Gasteiger charge is -2.30. The molecule has 0 saturated carbocycles. The zero-order chi connectivity index (χ0) is 19.1. The van der Waals surface area contributed by atoms with Gasteiger partial charge in [-0.25, -0.2) is 0 Å². The van der Waals surface area contributed by atoms with Crippen molar-refractivity contribution in [3.05, 3.63) is 0 Å². The quantitative estimate of drug-likeness (QED) is 0.271. The Hall–Kier alpha value is 0.440. The van der Waals surface area contributed by atoms with E-state index in [1.807, 2.05) is 0 Å². The fraction of sp³-hybridized carbons (Fsp3) is 1.00. The van der Waals surface area contributed by atoms with Gasteiger partial charge in [0.05, 0.1) is 0 Å². The normalized spacial score (nSPS) is 27.5. The Morgan fingerprint density at radius 2 is 1.50 bits per heavy atom. The average molecular weight is 431 g/mol. The van der Waals surface area contributed by atoms with Gasteiger partial charge in [-0.05, 0) is 57.9 Å². The van der Waals surface area contributed by atoms with Crippen LogP contribution in [-0.4, -0.2) is 16.9 Å². The molecule has 0 bridgehead atoms. The second-order valence-corrected chi connectivity index (χ2v) is 11.1. The molecule has 1 nitrogen and oxygen atoms in total. The highest BCUT2D eigenvalue weighted by molar-refractivity contribution is 9.10. The minimum Gasteiger partial charge on any atom is -0.314 e. The SMILES string of the molecule is CCCCCCCC(CCCC)C1CCCCC(C)(Br)CCCCCN1. The summed E-state index contributed by atoms with van der Waals surface area (Å²) in [6.07, 6.45) is 23.8. The summed E-state index contributed by atoms with van der Waals surface area (Å²) in [6.45, 7) is 8.32. The molecule has 1 N–H and O–H groups in total. The Balaban J connectivity index is 2.52. The van der Waals surface area contributed by atoms with Gasteiger partial charge in [0, 0.05) is 10.4 Å². The fourth-order valence-corrected chi connectivity index (χ4v) is 5.15. The van der Waals surface area contributed by atoms with Crippen LogP contribution in [0.15, 0.2) is 0 Å². The van der Waals surface area contributed by atoms with Crippen LogP contribution >= 0.6 is 15.9 Å².